The molecule has 4 nitrogen and oxygen atoms in total. The number of hydrogen-bond donors (Lipinski definition) is 1. The highest BCUT2D eigenvalue weighted by molar-refractivity contribution is 5.41. The summed E-state index contributed by atoms with van der Waals surface area (Å²) in [5.74, 6) is 0.840. The minimum absolute atomic E-state index is 0.235. The molecule has 0 amide bonds. The largest absolute Gasteiger partial charge is 0.504 e. The Morgan fingerprint density at radius 2 is 2.00 bits per heavy atom. The molecule has 0 aliphatic carbocycles. The summed E-state index contributed by atoms with van der Waals surface area (Å²) >= 11 is 0. The highest BCUT2D eigenvalue weighted by Crippen LogP contribution is 2.28. The van der Waals surface area contributed by atoms with E-state index in [1.807, 2.05) is 19.1 Å². The van der Waals surface area contributed by atoms with Gasteiger partial charge < -0.3 is 9.84 Å². The molecule has 1 atom stereocenters. The second-order valence-electron chi connectivity index (χ2n) is 6.51. The molecule has 22 heavy (non-hydrogen) atoms. The van der Waals surface area contributed by atoms with E-state index in [9.17, 15) is 5.11 Å². The third kappa shape index (κ3) is 3.73. The highest BCUT2D eigenvalue weighted by atomic mass is 16.5. The Morgan fingerprint density at radius 1 is 1.18 bits per heavy atom. The lowest BCUT2D eigenvalue weighted by molar-refractivity contribution is 0.110. The number of phenolic OH excluding ortho intramolecular Hbond substituents is 1. The van der Waals surface area contributed by atoms with Gasteiger partial charge in [0.05, 0.1) is 6.61 Å². The third-order valence-corrected chi connectivity index (χ3v) is 4.87. The fourth-order valence-corrected chi connectivity index (χ4v) is 3.77. The van der Waals surface area contributed by atoms with Crippen LogP contribution in [-0.4, -0.2) is 53.7 Å². The molecule has 4 heteroatoms. The smallest absolute Gasteiger partial charge is 0.161 e. The average molecular weight is 304 g/mol. The molecule has 2 saturated heterocycles. The first kappa shape index (κ1) is 15.6. The number of hydrogen-bond acceptors (Lipinski definition) is 4. The summed E-state index contributed by atoms with van der Waals surface area (Å²) in [6, 6.07) is 6.48. The molecule has 122 valence electrons. The zero-order valence-corrected chi connectivity index (χ0v) is 13.6. The Morgan fingerprint density at radius 3 is 2.77 bits per heavy atom. The van der Waals surface area contributed by atoms with Gasteiger partial charge in [0.15, 0.2) is 11.5 Å². The molecule has 2 fully saturated rings. The fraction of sp³-hybridized carbons (Fsp3) is 0.667. The van der Waals surface area contributed by atoms with Gasteiger partial charge in [-0.3, -0.25) is 9.80 Å². The summed E-state index contributed by atoms with van der Waals surface area (Å²) in [5, 5.41) is 9.81. The lowest BCUT2D eigenvalue weighted by atomic mass is 10.0. The molecule has 1 N–H and O–H groups in total. The molecular formula is C18H28N2O2. The van der Waals surface area contributed by atoms with Gasteiger partial charge in [0.25, 0.3) is 0 Å². The Balaban J connectivity index is 1.61. The van der Waals surface area contributed by atoms with Gasteiger partial charge in [0.2, 0.25) is 0 Å². The van der Waals surface area contributed by atoms with Crippen molar-refractivity contribution in [2.75, 3.05) is 32.8 Å². The van der Waals surface area contributed by atoms with Gasteiger partial charge in [0.1, 0.15) is 0 Å². The van der Waals surface area contributed by atoms with Crippen LogP contribution < -0.4 is 4.74 Å². The number of rotatable bonds is 5. The van der Waals surface area contributed by atoms with Gasteiger partial charge in [-0.15, -0.1) is 0 Å². The van der Waals surface area contributed by atoms with E-state index in [-0.39, 0.29) is 5.75 Å². The van der Waals surface area contributed by atoms with Crippen molar-refractivity contribution in [1.29, 1.82) is 0 Å². The van der Waals surface area contributed by atoms with Crippen LogP contribution in [-0.2, 0) is 6.54 Å². The number of aromatic hydroxyl groups is 1. The van der Waals surface area contributed by atoms with Crippen molar-refractivity contribution in [3.63, 3.8) is 0 Å². The monoisotopic (exact) mass is 304 g/mol. The van der Waals surface area contributed by atoms with E-state index in [2.05, 4.69) is 9.80 Å². The third-order valence-electron chi connectivity index (χ3n) is 4.87. The summed E-state index contributed by atoms with van der Waals surface area (Å²) in [6.07, 6.45) is 5.37. The summed E-state index contributed by atoms with van der Waals surface area (Å²) in [6.45, 7) is 8.39. The summed E-state index contributed by atoms with van der Waals surface area (Å²) in [4.78, 5) is 5.23. The first-order valence-electron chi connectivity index (χ1n) is 8.67. The zero-order valence-electron chi connectivity index (χ0n) is 13.6. The van der Waals surface area contributed by atoms with Gasteiger partial charge in [-0.05, 0) is 69.9 Å². The summed E-state index contributed by atoms with van der Waals surface area (Å²) in [7, 11) is 0. The van der Waals surface area contributed by atoms with Crippen LogP contribution in [0.4, 0.5) is 0 Å². The normalized spacial score (nSPS) is 23.8. The van der Waals surface area contributed by atoms with E-state index < -0.39 is 0 Å². The Bertz CT molecular complexity index is 486. The number of benzene rings is 1. The molecule has 0 saturated carbocycles. The number of piperidine rings is 1. The predicted octanol–water partition coefficient (Wildman–Crippen LogP) is 2.85. The molecule has 1 aromatic carbocycles. The van der Waals surface area contributed by atoms with Crippen molar-refractivity contribution in [1.82, 2.24) is 9.80 Å². The van der Waals surface area contributed by atoms with Crippen molar-refractivity contribution in [3.05, 3.63) is 23.8 Å². The van der Waals surface area contributed by atoms with Crippen molar-refractivity contribution in [2.24, 2.45) is 0 Å². The summed E-state index contributed by atoms with van der Waals surface area (Å²) in [5.41, 5.74) is 1.23. The maximum Gasteiger partial charge on any atom is 0.161 e. The van der Waals surface area contributed by atoms with Crippen LogP contribution in [0.2, 0.25) is 0 Å². The van der Waals surface area contributed by atoms with E-state index in [1.54, 1.807) is 6.07 Å². The van der Waals surface area contributed by atoms with Crippen molar-refractivity contribution in [2.45, 2.75) is 45.2 Å². The summed E-state index contributed by atoms with van der Waals surface area (Å²) < 4.78 is 5.49. The molecule has 0 aromatic heterocycles. The van der Waals surface area contributed by atoms with Crippen LogP contribution in [0.5, 0.6) is 11.5 Å². The number of ether oxygens (including phenoxy) is 1. The molecule has 3 rings (SSSR count). The SMILES string of the molecule is CCOc1cc(CN2CCCC(N3CCCC3)C2)ccc1O. The maximum absolute atomic E-state index is 9.81. The first-order valence-corrected chi connectivity index (χ1v) is 8.67. The Labute approximate surface area is 133 Å². The van der Waals surface area contributed by atoms with Crippen LogP contribution in [0.3, 0.4) is 0 Å². The van der Waals surface area contributed by atoms with E-state index in [0.717, 1.165) is 12.6 Å². The highest BCUT2D eigenvalue weighted by Gasteiger charge is 2.27. The minimum atomic E-state index is 0.235. The molecule has 0 bridgehead atoms. The van der Waals surface area contributed by atoms with Crippen LogP contribution >= 0.6 is 0 Å². The topological polar surface area (TPSA) is 35.9 Å². The molecule has 1 unspecified atom stereocenters. The van der Waals surface area contributed by atoms with E-state index >= 15 is 0 Å². The quantitative estimate of drug-likeness (QED) is 0.907. The van der Waals surface area contributed by atoms with Crippen LogP contribution in [0.25, 0.3) is 0 Å². The van der Waals surface area contributed by atoms with Crippen LogP contribution in [0.1, 0.15) is 38.2 Å². The molecule has 2 heterocycles. The predicted molar refractivity (Wildman–Crippen MR) is 88.4 cm³/mol. The minimum Gasteiger partial charge on any atom is -0.504 e. The van der Waals surface area contributed by atoms with Gasteiger partial charge in [-0.1, -0.05) is 6.07 Å². The Kier molecular flexibility index (Phi) is 5.21. The van der Waals surface area contributed by atoms with Crippen LogP contribution in [0, 0.1) is 0 Å². The maximum atomic E-state index is 9.81. The Hall–Kier alpha value is -1.26. The van der Waals surface area contributed by atoms with Crippen molar-refractivity contribution >= 4 is 0 Å². The second kappa shape index (κ2) is 7.34. The van der Waals surface area contributed by atoms with Gasteiger partial charge in [-0.2, -0.15) is 0 Å². The number of phenols is 1. The molecule has 2 aliphatic heterocycles. The fourth-order valence-electron chi connectivity index (χ4n) is 3.77. The molecule has 2 aliphatic rings. The van der Waals surface area contributed by atoms with Crippen molar-refractivity contribution < 1.29 is 9.84 Å². The first-order chi connectivity index (χ1) is 10.8. The van der Waals surface area contributed by atoms with E-state index in [0.29, 0.717) is 12.4 Å². The molecular weight excluding hydrogens is 276 g/mol. The number of likely N-dealkylation sites (tertiary alicyclic amines) is 2. The van der Waals surface area contributed by atoms with Crippen molar-refractivity contribution in [3.8, 4) is 11.5 Å². The van der Waals surface area contributed by atoms with Crippen LogP contribution in [0.15, 0.2) is 18.2 Å². The van der Waals surface area contributed by atoms with Gasteiger partial charge >= 0.3 is 0 Å². The van der Waals surface area contributed by atoms with E-state index in [4.69, 9.17) is 4.74 Å². The molecule has 1 aromatic rings. The zero-order chi connectivity index (χ0) is 15.4. The average Bonchev–Trinajstić information content (AvgIpc) is 3.06. The van der Waals surface area contributed by atoms with Gasteiger partial charge in [-0.25, -0.2) is 0 Å². The standard InChI is InChI=1S/C18H28N2O2/c1-2-22-18-12-15(7-8-17(18)21)13-19-9-5-6-16(14-19)20-10-3-4-11-20/h7-8,12,16,21H,2-6,9-11,13-14H2,1H3. The lowest BCUT2D eigenvalue weighted by Gasteiger charge is -2.37. The molecule has 0 radical (unpaired) electrons. The second-order valence-corrected chi connectivity index (χ2v) is 6.51. The molecule has 0 spiro atoms. The number of nitrogens with zero attached hydrogens (tertiary/aromatic N) is 2. The lowest BCUT2D eigenvalue weighted by Crippen LogP contribution is -2.46. The van der Waals surface area contributed by atoms with Gasteiger partial charge in [0, 0.05) is 19.1 Å². The van der Waals surface area contributed by atoms with E-state index in [1.165, 1.54) is 57.4 Å².